The predicted octanol–water partition coefficient (Wildman–Crippen LogP) is 3.79. The first-order chi connectivity index (χ1) is 11.6. The summed E-state index contributed by atoms with van der Waals surface area (Å²) in [5.41, 5.74) is 0.456. The summed E-state index contributed by atoms with van der Waals surface area (Å²) >= 11 is 0. The van der Waals surface area contributed by atoms with Crippen LogP contribution >= 0.6 is 0 Å². The molecule has 0 N–H and O–H groups in total. The Hall–Kier alpha value is -3.08. The van der Waals surface area contributed by atoms with Crippen LogP contribution in [0.1, 0.15) is 17.3 Å². The number of carbonyl (C=O) groups is 2. The van der Waals surface area contributed by atoms with Crippen molar-refractivity contribution in [3.8, 4) is 17.2 Å². The largest absolute Gasteiger partial charge is 0.497 e. The number of rotatable bonds is 7. The second kappa shape index (κ2) is 8.53. The fraction of sp³-hybridized carbons (Fsp3) is 0.158. The third kappa shape index (κ3) is 4.98. The molecule has 24 heavy (non-hydrogen) atoms. The minimum atomic E-state index is -0.537. The topological polar surface area (TPSA) is 61.8 Å². The van der Waals surface area contributed by atoms with Crippen LogP contribution in [0.25, 0.3) is 0 Å². The van der Waals surface area contributed by atoms with Gasteiger partial charge in [0, 0.05) is 11.6 Å². The molecule has 2 aromatic rings. The van der Waals surface area contributed by atoms with Gasteiger partial charge in [0.05, 0.1) is 13.7 Å². The van der Waals surface area contributed by atoms with Crippen molar-refractivity contribution in [2.45, 2.75) is 6.92 Å². The van der Waals surface area contributed by atoms with Crippen molar-refractivity contribution in [3.63, 3.8) is 0 Å². The van der Waals surface area contributed by atoms with Gasteiger partial charge in [0.25, 0.3) is 0 Å². The number of carbonyl (C=O) groups excluding carboxylic acids is 2. The van der Waals surface area contributed by atoms with Gasteiger partial charge in [-0.1, -0.05) is 0 Å². The zero-order valence-corrected chi connectivity index (χ0v) is 13.5. The zero-order chi connectivity index (χ0) is 17.4. The highest BCUT2D eigenvalue weighted by Gasteiger charge is 2.04. The van der Waals surface area contributed by atoms with Gasteiger partial charge in [-0.25, -0.2) is 4.79 Å². The highest BCUT2D eigenvalue weighted by molar-refractivity contribution is 6.07. The minimum absolute atomic E-state index is 0.273. The number of benzene rings is 2. The molecule has 0 unspecified atom stereocenters. The first kappa shape index (κ1) is 17.3. The van der Waals surface area contributed by atoms with Crippen LogP contribution in [0.5, 0.6) is 17.2 Å². The van der Waals surface area contributed by atoms with E-state index < -0.39 is 5.97 Å². The van der Waals surface area contributed by atoms with Crippen molar-refractivity contribution in [1.82, 2.24) is 0 Å². The molecule has 124 valence electrons. The number of hydrogen-bond acceptors (Lipinski definition) is 5. The van der Waals surface area contributed by atoms with Crippen molar-refractivity contribution in [1.29, 1.82) is 0 Å². The van der Waals surface area contributed by atoms with Crippen LogP contribution in [0.15, 0.2) is 60.7 Å². The van der Waals surface area contributed by atoms with Crippen LogP contribution in [-0.2, 0) is 9.53 Å². The van der Waals surface area contributed by atoms with Crippen LogP contribution in [0, 0.1) is 0 Å². The van der Waals surface area contributed by atoms with Gasteiger partial charge in [0.2, 0.25) is 0 Å². The average molecular weight is 326 g/mol. The van der Waals surface area contributed by atoms with E-state index in [9.17, 15) is 9.59 Å². The van der Waals surface area contributed by atoms with Gasteiger partial charge in [-0.15, -0.1) is 0 Å². The van der Waals surface area contributed by atoms with E-state index in [1.807, 2.05) is 0 Å². The van der Waals surface area contributed by atoms with Crippen LogP contribution in [0.3, 0.4) is 0 Å². The molecule has 0 fully saturated rings. The van der Waals surface area contributed by atoms with Gasteiger partial charge in [-0.05, 0) is 61.5 Å². The van der Waals surface area contributed by atoms with E-state index in [4.69, 9.17) is 14.2 Å². The maximum Gasteiger partial charge on any atom is 0.330 e. The maximum absolute atomic E-state index is 11.9. The van der Waals surface area contributed by atoms with Crippen molar-refractivity contribution in [3.05, 3.63) is 66.2 Å². The van der Waals surface area contributed by atoms with E-state index >= 15 is 0 Å². The molecular formula is C19H18O5. The van der Waals surface area contributed by atoms with Crippen LogP contribution < -0.4 is 9.47 Å². The summed E-state index contributed by atoms with van der Waals surface area (Å²) in [7, 11) is 1.60. The number of allylic oxidation sites excluding steroid dienone is 1. The van der Waals surface area contributed by atoms with Crippen molar-refractivity contribution >= 4 is 11.8 Å². The van der Waals surface area contributed by atoms with E-state index in [1.54, 1.807) is 62.6 Å². The van der Waals surface area contributed by atoms with Gasteiger partial charge < -0.3 is 14.2 Å². The first-order valence-electron chi connectivity index (χ1n) is 7.43. The Bertz CT molecular complexity index is 714. The van der Waals surface area contributed by atoms with E-state index in [2.05, 4.69) is 0 Å². The Labute approximate surface area is 140 Å². The first-order valence-corrected chi connectivity index (χ1v) is 7.43. The number of methoxy groups -OCH3 is 1. The average Bonchev–Trinajstić information content (AvgIpc) is 2.61. The fourth-order valence-corrected chi connectivity index (χ4v) is 1.90. The molecule has 0 radical (unpaired) electrons. The monoisotopic (exact) mass is 326 g/mol. The molecule has 0 spiro atoms. The van der Waals surface area contributed by atoms with Gasteiger partial charge in [-0.3, -0.25) is 4.79 Å². The van der Waals surface area contributed by atoms with Crippen molar-refractivity contribution in [2.75, 3.05) is 13.7 Å². The summed E-state index contributed by atoms with van der Waals surface area (Å²) in [6, 6.07) is 13.8. The molecule has 5 heteroatoms. The van der Waals surface area contributed by atoms with Crippen LogP contribution in [0.2, 0.25) is 0 Å². The fourth-order valence-electron chi connectivity index (χ4n) is 1.90. The Morgan fingerprint density at radius 1 is 0.875 bits per heavy atom. The minimum Gasteiger partial charge on any atom is -0.497 e. The summed E-state index contributed by atoms with van der Waals surface area (Å²) in [6.45, 7) is 1.98. The summed E-state index contributed by atoms with van der Waals surface area (Å²) in [6.07, 6.45) is 2.31. The Morgan fingerprint density at radius 2 is 1.42 bits per heavy atom. The van der Waals surface area contributed by atoms with Gasteiger partial charge in [0.1, 0.15) is 17.2 Å². The number of esters is 1. The molecule has 0 aliphatic heterocycles. The SMILES string of the molecule is CCOC(=O)/C=C/C(=O)c1ccc(Oc2ccc(OC)cc2)cc1. The standard InChI is InChI=1S/C19H18O5/c1-3-23-19(21)13-12-18(20)14-4-6-16(7-5-14)24-17-10-8-15(22-2)9-11-17/h4-13H,3H2,1-2H3/b13-12+. The lowest BCUT2D eigenvalue weighted by Gasteiger charge is -2.07. The van der Waals surface area contributed by atoms with Crippen LogP contribution in [-0.4, -0.2) is 25.5 Å². The number of ketones is 1. The summed E-state index contributed by atoms with van der Waals surface area (Å²) in [5.74, 6) is 1.20. The van der Waals surface area contributed by atoms with Gasteiger partial charge in [0.15, 0.2) is 5.78 Å². The maximum atomic E-state index is 11.9. The lowest BCUT2D eigenvalue weighted by atomic mass is 10.1. The smallest absolute Gasteiger partial charge is 0.330 e. The van der Waals surface area contributed by atoms with E-state index in [1.165, 1.54) is 6.08 Å². The number of ether oxygens (including phenoxy) is 3. The molecule has 2 aromatic carbocycles. The molecule has 0 heterocycles. The summed E-state index contributed by atoms with van der Waals surface area (Å²) < 4.78 is 15.5. The quantitative estimate of drug-likeness (QED) is 0.440. The van der Waals surface area contributed by atoms with E-state index in [0.717, 1.165) is 11.8 Å². The third-order valence-electron chi connectivity index (χ3n) is 3.09. The third-order valence-corrected chi connectivity index (χ3v) is 3.09. The molecule has 0 aliphatic carbocycles. The molecule has 5 nitrogen and oxygen atoms in total. The van der Waals surface area contributed by atoms with Crippen molar-refractivity contribution in [2.24, 2.45) is 0 Å². The van der Waals surface area contributed by atoms with Crippen LogP contribution in [0.4, 0.5) is 0 Å². The van der Waals surface area contributed by atoms with Gasteiger partial charge in [-0.2, -0.15) is 0 Å². The second-order valence-electron chi connectivity index (χ2n) is 4.75. The predicted molar refractivity (Wildman–Crippen MR) is 89.6 cm³/mol. The lowest BCUT2D eigenvalue weighted by Crippen LogP contribution is -2.01. The molecular weight excluding hydrogens is 308 g/mol. The molecule has 0 saturated carbocycles. The zero-order valence-electron chi connectivity index (χ0n) is 13.5. The Kier molecular flexibility index (Phi) is 6.14. The molecule has 0 atom stereocenters. The molecule has 0 aliphatic rings. The molecule has 0 bridgehead atoms. The molecule has 0 saturated heterocycles. The highest BCUT2D eigenvalue weighted by Crippen LogP contribution is 2.24. The van der Waals surface area contributed by atoms with E-state index in [-0.39, 0.29) is 12.4 Å². The second-order valence-corrected chi connectivity index (χ2v) is 4.75. The normalized spacial score (nSPS) is 10.4. The van der Waals surface area contributed by atoms with Gasteiger partial charge >= 0.3 is 5.97 Å². The lowest BCUT2D eigenvalue weighted by molar-refractivity contribution is -0.137. The summed E-state index contributed by atoms with van der Waals surface area (Å²) in [4.78, 5) is 23.1. The Balaban J connectivity index is 1.99. The van der Waals surface area contributed by atoms with E-state index in [0.29, 0.717) is 17.1 Å². The van der Waals surface area contributed by atoms with Crippen molar-refractivity contribution < 1.29 is 23.8 Å². The molecule has 0 aromatic heterocycles. The highest BCUT2D eigenvalue weighted by atomic mass is 16.5. The Morgan fingerprint density at radius 3 is 1.96 bits per heavy atom. The number of hydrogen-bond donors (Lipinski definition) is 0. The molecule has 2 rings (SSSR count). The molecule has 0 amide bonds. The summed E-state index contributed by atoms with van der Waals surface area (Å²) in [5, 5.41) is 0.